The highest BCUT2D eigenvalue weighted by atomic mass is 32.2. The van der Waals surface area contributed by atoms with Crippen molar-refractivity contribution in [3.05, 3.63) is 34.1 Å². The molecule has 0 aromatic rings. The molecule has 0 N–H and O–H groups in total. The van der Waals surface area contributed by atoms with E-state index in [0.29, 0.717) is 0 Å². The largest absolute Gasteiger partial charge is 0.0946 e. The molecule has 1 rings (SSSR count). The Labute approximate surface area is 149 Å². The van der Waals surface area contributed by atoms with Crippen LogP contribution in [0.15, 0.2) is 34.1 Å². The first-order chi connectivity index (χ1) is 10.5. The first-order valence-electron chi connectivity index (χ1n) is 9.28. The summed E-state index contributed by atoms with van der Waals surface area (Å²) in [6, 6.07) is 0. The van der Waals surface area contributed by atoms with Crippen LogP contribution >= 0.6 is 11.8 Å². The van der Waals surface area contributed by atoms with Crippen molar-refractivity contribution in [1.82, 2.24) is 0 Å². The third-order valence-electron chi connectivity index (χ3n) is 4.22. The van der Waals surface area contributed by atoms with Crippen LogP contribution in [-0.4, -0.2) is 0 Å². The Hall–Kier alpha value is -0.430. The molecular formula is C22H38S. The predicted molar refractivity (Wildman–Crippen MR) is 109 cm³/mol. The zero-order valence-electron chi connectivity index (χ0n) is 16.8. The zero-order chi connectivity index (χ0) is 17.7. The van der Waals surface area contributed by atoms with E-state index in [1.54, 1.807) is 0 Å². The van der Waals surface area contributed by atoms with Gasteiger partial charge in [-0.15, -0.1) is 0 Å². The van der Waals surface area contributed by atoms with Crippen molar-refractivity contribution < 1.29 is 0 Å². The van der Waals surface area contributed by atoms with Gasteiger partial charge in [0.1, 0.15) is 0 Å². The van der Waals surface area contributed by atoms with E-state index in [4.69, 9.17) is 0 Å². The standard InChI is InChI=1S/C22H38S/c1-9-10-11-12-14-22(8)16-18(13-15-20(2,3)4)23-19(17-22)21(5,6)7/h13,15-17H,9-12,14H2,1-8H3/b15-13+. The Kier molecular flexibility index (Phi) is 7.26. The zero-order valence-corrected chi connectivity index (χ0v) is 17.6. The molecule has 1 unspecified atom stereocenters. The van der Waals surface area contributed by atoms with Gasteiger partial charge in [0.2, 0.25) is 0 Å². The number of allylic oxidation sites excluding steroid dienone is 5. The van der Waals surface area contributed by atoms with Crippen LogP contribution in [0.25, 0.3) is 0 Å². The molecule has 0 radical (unpaired) electrons. The van der Waals surface area contributed by atoms with Gasteiger partial charge in [-0.05, 0) is 22.2 Å². The molecule has 132 valence electrons. The van der Waals surface area contributed by atoms with Gasteiger partial charge in [-0.2, -0.15) is 0 Å². The van der Waals surface area contributed by atoms with Crippen LogP contribution in [0.5, 0.6) is 0 Å². The Balaban J connectivity index is 2.97. The van der Waals surface area contributed by atoms with Gasteiger partial charge in [-0.1, -0.05) is 117 Å². The average molecular weight is 335 g/mol. The molecule has 0 nitrogen and oxygen atoms in total. The molecule has 0 fully saturated rings. The minimum Gasteiger partial charge on any atom is -0.0946 e. The number of rotatable bonds is 6. The van der Waals surface area contributed by atoms with Crippen molar-refractivity contribution in [3.8, 4) is 0 Å². The summed E-state index contributed by atoms with van der Waals surface area (Å²) in [7, 11) is 0. The number of thioether (sulfide) groups is 1. The van der Waals surface area contributed by atoms with Gasteiger partial charge in [0.25, 0.3) is 0 Å². The van der Waals surface area contributed by atoms with Crippen LogP contribution in [0.3, 0.4) is 0 Å². The summed E-state index contributed by atoms with van der Waals surface area (Å²) in [6.07, 6.45) is 16.3. The first-order valence-corrected chi connectivity index (χ1v) is 10.1. The summed E-state index contributed by atoms with van der Waals surface area (Å²) >= 11 is 1.96. The van der Waals surface area contributed by atoms with E-state index in [1.807, 2.05) is 11.8 Å². The fourth-order valence-corrected chi connectivity index (χ4v) is 4.07. The Morgan fingerprint density at radius 2 is 1.65 bits per heavy atom. The van der Waals surface area contributed by atoms with Gasteiger partial charge in [0.05, 0.1) is 0 Å². The minimum absolute atomic E-state index is 0.208. The van der Waals surface area contributed by atoms with E-state index in [2.05, 4.69) is 79.7 Å². The van der Waals surface area contributed by atoms with Crippen LogP contribution in [0, 0.1) is 16.2 Å². The number of hydrogen-bond acceptors (Lipinski definition) is 1. The molecule has 0 amide bonds. The SMILES string of the molecule is CCCCCCC1(C)C=C(/C=C/C(C)(C)C)SC(C(C)(C)C)=C1. The third kappa shape index (κ3) is 7.79. The molecule has 1 heterocycles. The maximum absolute atomic E-state index is 2.54. The lowest BCUT2D eigenvalue weighted by molar-refractivity contribution is 0.443. The molecule has 1 heteroatoms. The fourth-order valence-electron chi connectivity index (χ4n) is 2.71. The summed E-state index contributed by atoms with van der Waals surface area (Å²) in [6.45, 7) is 18.5. The average Bonchev–Trinajstić information content (AvgIpc) is 2.39. The molecule has 1 aliphatic rings. The maximum atomic E-state index is 2.54. The number of hydrogen-bond donors (Lipinski definition) is 0. The molecule has 0 aromatic carbocycles. The summed E-state index contributed by atoms with van der Waals surface area (Å²) in [5, 5.41) is 0. The van der Waals surface area contributed by atoms with Crippen LogP contribution in [0.2, 0.25) is 0 Å². The summed E-state index contributed by atoms with van der Waals surface area (Å²) in [4.78, 5) is 2.94. The molecule has 1 aliphatic heterocycles. The van der Waals surface area contributed by atoms with E-state index >= 15 is 0 Å². The van der Waals surface area contributed by atoms with Crippen LogP contribution in [-0.2, 0) is 0 Å². The number of unbranched alkanes of at least 4 members (excludes halogenated alkanes) is 3. The highest BCUT2D eigenvalue weighted by molar-refractivity contribution is 8.07. The van der Waals surface area contributed by atoms with Gasteiger partial charge in [0.15, 0.2) is 0 Å². The highest BCUT2D eigenvalue weighted by Gasteiger charge is 2.29. The van der Waals surface area contributed by atoms with Crippen LogP contribution in [0.1, 0.15) is 87.5 Å². The first kappa shape index (κ1) is 20.6. The fraction of sp³-hybridized carbons (Fsp3) is 0.727. The van der Waals surface area contributed by atoms with Crippen LogP contribution in [0.4, 0.5) is 0 Å². The predicted octanol–water partition coefficient (Wildman–Crippen LogP) is 8.13. The molecule has 0 saturated carbocycles. The van der Waals surface area contributed by atoms with Crippen molar-refractivity contribution in [1.29, 1.82) is 0 Å². The van der Waals surface area contributed by atoms with E-state index in [9.17, 15) is 0 Å². The molecule has 0 bridgehead atoms. The molecule has 0 spiro atoms. The Bertz CT molecular complexity index is 465. The third-order valence-corrected chi connectivity index (χ3v) is 5.66. The second-order valence-corrected chi connectivity index (χ2v) is 10.5. The Morgan fingerprint density at radius 3 is 2.17 bits per heavy atom. The summed E-state index contributed by atoms with van der Waals surface area (Å²) < 4.78 is 0. The lowest BCUT2D eigenvalue weighted by Gasteiger charge is -2.34. The van der Waals surface area contributed by atoms with E-state index in [0.717, 1.165) is 0 Å². The van der Waals surface area contributed by atoms with Gasteiger partial charge in [0, 0.05) is 10.3 Å². The lowest BCUT2D eigenvalue weighted by atomic mass is 9.80. The second kappa shape index (κ2) is 8.10. The Morgan fingerprint density at radius 1 is 1.00 bits per heavy atom. The smallest absolute Gasteiger partial charge is 0.00844 e. The van der Waals surface area contributed by atoms with E-state index in [-0.39, 0.29) is 16.2 Å². The monoisotopic (exact) mass is 334 g/mol. The second-order valence-electron chi connectivity index (χ2n) is 9.42. The molecule has 23 heavy (non-hydrogen) atoms. The summed E-state index contributed by atoms with van der Waals surface area (Å²) in [5.41, 5.74) is 0.672. The van der Waals surface area contributed by atoms with Gasteiger partial charge >= 0.3 is 0 Å². The quantitative estimate of drug-likeness (QED) is 0.442. The van der Waals surface area contributed by atoms with Gasteiger partial charge < -0.3 is 0 Å². The molecular weight excluding hydrogens is 296 g/mol. The molecule has 0 saturated heterocycles. The maximum Gasteiger partial charge on any atom is 0.00844 e. The van der Waals surface area contributed by atoms with E-state index < -0.39 is 0 Å². The van der Waals surface area contributed by atoms with Crippen LogP contribution < -0.4 is 0 Å². The minimum atomic E-state index is 0.208. The van der Waals surface area contributed by atoms with Crippen molar-refractivity contribution in [2.45, 2.75) is 87.5 Å². The van der Waals surface area contributed by atoms with Crippen molar-refractivity contribution >= 4 is 11.8 Å². The molecule has 0 aromatic heterocycles. The molecule has 0 aliphatic carbocycles. The van der Waals surface area contributed by atoms with Gasteiger partial charge in [-0.3, -0.25) is 0 Å². The van der Waals surface area contributed by atoms with Gasteiger partial charge in [-0.25, -0.2) is 0 Å². The van der Waals surface area contributed by atoms with E-state index in [1.165, 1.54) is 41.9 Å². The topological polar surface area (TPSA) is 0 Å². The normalized spacial score (nSPS) is 23.1. The van der Waals surface area contributed by atoms with Crippen molar-refractivity contribution in [2.75, 3.05) is 0 Å². The van der Waals surface area contributed by atoms with Crippen molar-refractivity contribution in [2.24, 2.45) is 16.2 Å². The summed E-state index contributed by atoms with van der Waals surface area (Å²) in [5.74, 6) is 0. The molecule has 1 atom stereocenters. The lowest BCUT2D eigenvalue weighted by Crippen LogP contribution is -2.19. The highest BCUT2D eigenvalue weighted by Crippen LogP contribution is 2.48. The van der Waals surface area contributed by atoms with Crippen molar-refractivity contribution in [3.63, 3.8) is 0 Å².